The van der Waals surface area contributed by atoms with E-state index in [1.807, 2.05) is 79.7 Å². The van der Waals surface area contributed by atoms with Gasteiger partial charge in [-0.05, 0) is 104 Å². The number of aromatic nitrogens is 1. The topological polar surface area (TPSA) is 172 Å². The summed E-state index contributed by atoms with van der Waals surface area (Å²) in [5, 5.41) is 24.8. The molecule has 5 aromatic rings. The molecule has 58 heavy (non-hydrogen) atoms. The quantitative estimate of drug-likeness (QED) is 0.0526. The fourth-order valence-electron chi connectivity index (χ4n) is 7.24. The normalized spacial score (nSPS) is 11.2. The first-order chi connectivity index (χ1) is 27.9. The van der Waals surface area contributed by atoms with Gasteiger partial charge in [0.1, 0.15) is 5.82 Å². The lowest BCUT2D eigenvalue weighted by molar-refractivity contribution is -0.140. The molecule has 12 heteroatoms. The highest BCUT2D eigenvalue weighted by atomic mass is 16.4. The number of amides is 3. The average molecular weight is 788 g/mol. The number of nitrogens with one attached hydrogen (secondary N) is 3. The monoisotopic (exact) mass is 787 g/mol. The van der Waals surface area contributed by atoms with Gasteiger partial charge >= 0.3 is 11.9 Å². The summed E-state index contributed by atoms with van der Waals surface area (Å²) in [4.78, 5) is 69.6. The van der Waals surface area contributed by atoms with Crippen LogP contribution in [0.5, 0.6) is 0 Å². The second-order valence-corrected chi connectivity index (χ2v) is 14.7. The van der Waals surface area contributed by atoms with Gasteiger partial charge < -0.3 is 30.7 Å². The molecule has 0 bridgehead atoms. The Morgan fingerprint density at radius 1 is 0.724 bits per heavy atom. The van der Waals surface area contributed by atoms with Crippen LogP contribution in [0.2, 0.25) is 0 Å². The molecule has 0 aliphatic carbocycles. The van der Waals surface area contributed by atoms with E-state index in [1.165, 1.54) is 0 Å². The van der Waals surface area contributed by atoms with Gasteiger partial charge in [0.2, 0.25) is 5.91 Å². The number of carboxylic acid groups (broad SMARTS) is 2. The fraction of sp³-hybridized carbons (Fsp3) is 0.326. The van der Waals surface area contributed by atoms with Crippen molar-refractivity contribution in [3.05, 3.63) is 130 Å². The van der Waals surface area contributed by atoms with Crippen molar-refractivity contribution in [1.82, 2.24) is 14.8 Å². The molecule has 5 N–H and O–H groups in total. The molecule has 4 aromatic carbocycles. The van der Waals surface area contributed by atoms with Gasteiger partial charge in [-0.2, -0.15) is 0 Å². The summed E-state index contributed by atoms with van der Waals surface area (Å²) in [7, 11) is 1.69. The average Bonchev–Trinajstić information content (AvgIpc) is 3.59. The number of carbonyl (C=O) groups excluding carboxylic acids is 3. The number of anilines is 2. The van der Waals surface area contributed by atoms with Crippen LogP contribution >= 0.6 is 0 Å². The highest BCUT2D eigenvalue weighted by Crippen LogP contribution is 2.31. The van der Waals surface area contributed by atoms with Crippen molar-refractivity contribution >= 4 is 52.1 Å². The number of aromatic amines is 1. The third-order valence-corrected chi connectivity index (χ3v) is 10.6. The Kier molecular flexibility index (Phi) is 15.0. The molecule has 0 radical (unpaired) electrons. The lowest BCUT2D eigenvalue weighted by Gasteiger charge is -2.32. The number of aryl methyl sites for hydroxylation is 3. The molecule has 5 rings (SSSR count). The number of hydrogen-bond acceptors (Lipinski definition) is 6. The summed E-state index contributed by atoms with van der Waals surface area (Å²) in [6.45, 7) is 7.74. The summed E-state index contributed by atoms with van der Waals surface area (Å²) in [5.74, 6) is -2.60. The number of rotatable bonds is 20. The van der Waals surface area contributed by atoms with Gasteiger partial charge in [-0.15, -0.1) is 0 Å². The molecule has 304 valence electrons. The molecule has 0 fully saturated rings. The molecule has 0 spiro atoms. The number of fused-ring (bicyclic) bond motifs is 1. The first kappa shape index (κ1) is 42.9. The zero-order valence-corrected chi connectivity index (χ0v) is 33.6. The van der Waals surface area contributed by atoms with E-state index in [0.717, 1.165) is 59.9 Å². The van der Waals surface area contributed by atoms with Crippen LogP contribution in [0.4, 0.5) is 11.5 Å². The van der Waals surface area contributed by atoms with Gasteiger partial charge in [0.05, 0.1) is 17.5 Å². The van der Waals surface area contributed by atoms with Crippen LogP contribution in [0.25, 0.3) is 10.9 Å². The molecule has 0 unspecified atom stereocenters. The molecule has 1 aromatic heterocycles. The predicted octanol–water partition coefficient (Wildman–Crippen LogP) is 8.17. The maximum absolute atomic E-state index is 14.0. The van der Waals surface area contributed by atoms with Crippen LogP contribution in [0.3, 0.4) is 0 Å². The lowest BCUT2D eigenvalue weighted by atomic mass is 10.0. The highest BCUT2D eigenvalue weighted by molar-refractivity contribution is 6.20. The van der Waals surface area contributed by atoms with Crippen molar-refractivity contribution in [2.24, 2.45) is 0 Å². The maximum atomic E-state index is 14.0. The third kappa shape index (κ3) is 11.4. The Hall–Kier alpha value is -6.27. The fourth-order valence-corrected chi connectivity index (χ4v) is 7.24. The Bertz CT molecular complexity index is 2230. The van der Waals surface area contributed by atoms with Crippen LogP contribution in [0.1, 0.15) is 99.3 Å². The molecule has 0 saturated carbocycles. The number of carboxylic acids is 2. The molecular weight excluding hydrogens is 735 g/mol. The molecular formula is C46H53N5O7. The SMILES string of the molecule is CCC(CC)N(CCN(C)C(=O)CCC(=O)O)Cc1cccc(C(=O)Nc2[nH]c3cccc(C)c3c2C(=O)Nc2ccc(CCCc3ccc(C(=O)O)cc3)cc2)c1. The smallest absolute Gasteiger partial charge is 0.335 e. The minimum Gasteiger partial charge on any atom is -0.481 e. The first-order valence-electron chi connectivity index (χ1n) is 19.8. The zero-order chi connectivity index (χ0) is 41.8. The van der Waals surface area contributed by atoms with E-state index >= 15 is 0 Å². The van der Waals surface area contributed by atoms with Gasteiger partial charge in [-0.1, -0.05) is 62.4 Å². The Labute approximate surface area is 339 Å². The standard InChI is InChI=1S/C46H53N5O7/c1-5-37(6-2)51(27-26-50(4)39(52)24-25-40(53)54)29-33-13-9-14-35(28-33)44(55)49-43-42(41-30(3)10-7-15-38(41)48-43)45(56)47-36-22-18-32(19-23-36)12-8-11-31-16-20-34(21-17-31)46(57)58/h7,9-10,13-23,28,37,48H,5-6,8,11-12,24-27,29H2,1-4H3,(H,47,56)(H,49,55)(H,53,54)(H,57,58). The van der Waals surface area contributed by atoms with E-state index in [4.69, 9.17) is 10.2 Å². The Morgan fingerprint density at radius 3 is 2.02 bits per heavy atom. The second kappa shape index (κ2) is 20.2. The summed E-state index contributed by atoms with van der Waals surface area (Å²) in [6.07, 6.45) is 4.06. The first-order valence-corrected chi connectivity index (χ1v) is 19.8. The van der Waals surface area contributed by atoms with Crippen molar-refractivity contribution in [2.75, 3.05) is 30.8 Å². The number of aliphatic carboxylic acids is 1. The Balaban J connectivity index is 1.26. The molecule has 0 aliphatic heterocycles. The van der Waals surface area contributed by atoms with E-state index < -0.39 is 11.9 Å². The minimum absolute atomic E-state index is 0.0431. The van der Waals surface area contributed by atoms with Gasteiger partial charge in [0, 0.05) is 61.3 Å². The number of likely N-dealkylation sites (N-methyl/N-ethyl adjacent to an activating group) is 1. The van der Waals surface area contributed by atoms with Crippen LogP contribution in [-0.2, 0) is 29.0 Å². The molecule has 0 saturated heterocycles. The second-order valence-electron chi connectivity index (χ2n) is 14.7. The van der Waals surface area contributed by atoms with E-state index in [-0.39, 0.29) is 42.2 Å². The number of hydrogen-bond donors (Lipinski definition) is 5. The van der Waals surface area contributed by atoms with E-state index in [0.29, 0.717) is 47.7 Å². The van der Waals surface area contributed by atoms with E-state index in [9.17, 15) is 24.0 Å². The van der Waals surface area contributed by atoms with Gasteiger partial charge in [0.25, 0.3) is 11.8 Å². The molecule has 0 aliphatic rings. The molecule has 3 amide bonds. The van der Waals surface area contributed by atoms with Crippen LogP contribution in [0.15, 0.2) is 91.0 Å². The maximum Gasteiger partial charge on any atom is 0.335 e. The van der Waals surface area contributed by atoms with Crippen LogP contribution < -0.4 is 10.6 Å². The molecule has 1 heterocycles. The number of H-pyrrole nitrogens is 1. The van der Waals surface area contributed by atoms with E-state index in [1.54, 1.807) is 30.1 Å². The number of nitrogens with zero attached hydrogens (tertiary/aromatic N) is 2. The van der Waals surface area contributed by atoms with Gasteiger partial charge in [0.15, 0.2) is 0 Å². The predicted molar refractivity (Wildman–Crippen MR) is 227 cm³/mol. The largest absolute Gasteiger partial charge is 0.481 e. The summed E-state index contributed by atoms with van der Waals surface area (Å²) in [6, 6.07) is 27.9. The molecule has 12 nitrogen and oxygen atoms in total. The summed E-state index contributed by atoms with van der Waals surface area (Å²) >= 11 is 0. The highest BCUT2D eigenvalue weighted by Gasteiger charge is 2.23. The summed E-state index contributed by atoms with van der Waals surface area (Å²) in [5.41, 5.74) is 6.34. The van der Waals surface area contributed by atoms with E-state index in [2.05, 4.69) is 34.4 Å². The number of carbonyl (C=O) groups is 5. The Morgan fingerprint density at radius 2 is 1.38 bits per heavy atom. The summed E-state index contributed by atoms with van der Waals surface area (Å²) < 4.78 is 0. The minimum atomic E-state index is -1.00. The van der Waals surface area contributed by atoms with Crippen molar-refractivity contribution in [3.8, 4) is 0 Å². The van der Waals surface area contributed by atoms with Crippen LogP contribution in [-0.4, -0.2) is 80.8 Å². The van der Waals surface area contributed by atoms with Crippen molar-refractivity contribution in [3.63, 3.8) is 0 Å². The van der Waals surface area contributed by atoms with Crippen LogP contribution in [0, 0.1) is 6.92 Å². The van der Waals surface area contributed by atoms with Crippen molar-refractivity contribution in [1.29, 1.82) is 0 Å². The number of aromatic carboxylic acids is 1. The number of benzene rings is 4. The van der Waals surface area contributed by atoms with Gasteiger partial charge in [-0.3, -0.25) is 24.1 Å². The van der Waals surface area contributed by atoms with Crippen molar-refractivity contribution < 1.29 is 34.2 Å². The molecule has 0 atom stereocenters. The van der Waals surface area contributed by atoms with Crippen molar-refractivity contribution in [2.45, 2.75) is 78.3 Å². The lowest BCUT2D eigenvalue weighted by Crippen LogP contribution is -2.41. The van der Waals surface area contributed by atoms with Gasteiger partial charge in [-0.25, -0.2) is 4.79 Å². The zero-order valence-electron chi connectivity index (χ0n) is 33.6. The third-order valence-electron chi connectivity index (χ3n) is 10.6.